The van der Waals surface area contributed by atoms with Gasteiger partial charge in [-0.1, -0.05) is 51.1 Å². The standard InChI is InChI=1S/C25H32N2O3/c1-18(30-22-12-10-20(11-13-22)25(2,3)4)24(29)27-16-14-19(15-17-27)23(28)26-21-8-6-5-7-9-21/h5-13,18-19H,14-17H2,1-4H3,(H,26,28). The van der Waals surface area contributed by atoms with Crippen LogP contribution in [0.15, 0.2) is 54.6 Å². The van der Waals surface area contributed by atoms with E-state index in [1.54, 1.807) is 11.8 Å². The van der Waals surface area contributed by atoms with Crippen LogP contribution in [0.4, 0.5) is 5.69 Å². The summed E-state index contributed by atoms with van der Waals surface area (Å²) < 4.78 is 5.88. The zero-order valence-corrected chi connectivity index (χ0v) is 18.4. The lowest BCUT2D eigenvalue weighted by Crippen LogP contribution is -2.46. The highest BCUT2D eigenvalue weighted by Crippen LogP contribution is 2.25. The summed E-state index contributed by atoms with van der Waals surface area (Å²) in [6, 6.07) is 17.4. The molecule has 1 saturated heterocycles. The highest BCUT2D eigenvalue weighted by Gasteiger charge is 2.30. The quantitative estimate of drug-likeness (QED) is 0.785. The Kier molecular flexibility index (Phi) is 6.80. The number of amides is 2. The summed E-state index contributed by atoms with van der Waals surface area (Å²) in [5.74, 6) is 0.616. The zero-order valence-electron chi connectivity index (χ0n) is 18.4. The molecule has 1 heterocycles. The molecule has 0 spiro atoms. The van der Waals surface area contributed by atoms with E-state index in [0.717, 1.165) is 5.69 Å². The van der Waals surface area contributed by atoms with Crippen LogP contribution in [-0.2, 0) is 15.0 Å². The molecule has 0 bridgehead atoms. The molecule has 5 nitrogen and oxygen atoms in total. The molecule has 1 aliphatic heterocycles. The minimum atomic E-state index is -0.555. The van der Waals surface area contributed by atoms with Crippen LogP contribution < -0.4 is 10.1 Å². The highest BCUT2D eigenvalue weighted by atomic mass is 16.5. The Morgan fingerprint density at radius 2 is 1.60 bits per heavy atom. The van der Waals surface area contributed by atoms with Gasteiger partial charge in [0, 0.05) is 24.7 Å². The lowest BCUT2D eigenvalue weighted by Gasteiger charge is -2.33. The Balaban J connectivity index is 1.49. The van der Waals surface area contributed by atoms with Crippen LogP contribution >= 0.6 is 0 Å². The van der Waals surface area contributed by atoms with E-state index < -0.39 is 6.10 Å². The number of carbonyl (C=O) groups is 2. The van der Waals surface area contributed by atoms with Crippen molar-refractivity contribution < 1.29 is 14.3 Å². The lowest BCUT2D eigenvalue weighted by molar-refractivity contribution is -0.140. The third-order valence-corrected chi connectivity index (χ3v) is 5.60. The molecule has 1 unspecified atom stereocenters. The lowest BCUT2D eigenvalue weighted by atomic mass is 9.87. The van der Waals surface area contributed by atoms with Crippen LogP contribution in [0.5, 0.6) is 5.75 Å². The van der Waals surface area contributed by atoms with Crippen LogP contribution in [0.3, 0.4) is 0 Å². The minimum Gasteiger partial charge on any atom is -0.481 e. The van der Waals surface area contributed by atoms with E-state index in [4.69, 9.17) is 4.74 Å². The van der Waals surface area contributed by atoms with Crippen LogP contribution in [0.25, 0.3) is 0 Å². The summed E-state index contributed by atoms with van der Waals surface area (Å²) in [4.78, 5) is 27.1. The summed E-state index contributed by atoms with van der Waals surface area (Å²) in [5.41, 5.74) is 2.11. The van der Waals surface area contributed by atoms with E-state index in [2.05, 4.69) is 26.1 Å². The second-order valence-electron chi connectivity index (χ2n) is 8.99. The number of rotatable bonds is 5. The molecular formula is C25H32N2O3. The Hall–Kier alpha value is -2.82. The number of benzene rings is 2. The first-order chi connectivity index (χ1) is 14.2. The molecule has 160 valence electrons. The number of hydrogen-bond donors (Lipinski definition) is 1. The zero-order chi connectivity index (χ0) is 21.7. The van der Waals surface area contributed by atoms with E-state index >= 15 is 0 Å². The Bertz CT molecular complexity index is 848. The van der Waals surface area contributed by atoms with Gasteiger partial charge in [0.25, 0.3) is 5.91 Å². The number of piperidine rings is 1. The number of para-hydroxylation sites is 1. The maximum atomic E-state index is 12.8. The largest absolute Gasteiger partial charge is 0.481 e. The van der Waals surface area contributed by atoms with Crippen molar-refractivity contribution in [3.8, 4) is 5.75 Å². The average molecular weight is 409 g/mol. The van der Waals surface area contributed by atoms with E-state index in [1.165, 1.54) is 5.56 Å². The molecular weight excluding hydrogens is 376 g/mol. The predicted molar refractivity (Wildman–Crippen MR) is 120 cm³/mol. The molecule has 2 aromatic rings. The number of nitrogens with one attached hydrogen (secondary N) is 1. The van der Waals surface area contributed by atoms with Crippen molar-refractivity contribution in [1.82, 2.24) is 4.90 Å². The molecule has 5 heteroatoms. The Labute approximate surface area is 179 Å². The van der Waals surface area contributed by atoms with E-state index in [1.807, 2.05) is 54.6 Å². The maximum absolute atomic E-state index is 12.8. The summed E-state index contributed by atoms with van der Waals surface area (Å²) in [6.45, 7) is 9.43. The molecule has 0 saturated carbocycles. The molecule has 1 N–H and O–H groups in total. The number of nitrogens with zero attached hydrogens (tertiary/aromatic N) is 1. The van der Waals surface area contributed by atoms with Gasteiger partial charge in [0.1, 0.15) is 5.75 Å². The summed E-state index contributed by atoms with van der Waals surface area (Å²) in [6.07, 6.45) is 0.773. The average Bonchev–Trinajstić information content (AvgIpc) is 2.73. The van der Waals surface area contributed by atoms with Crippen molar-refractivity contribution in [3.05, 3.63) is 60.2 Å². The SMILES string of the molecule is CC(Oc1ccc(C(C)(C)C)cc1)C(=O)N1CCC(C(=O)Nc2ccccc2)CC1. The van der Waals surface area contributed by atoms with Gasteiger partial charge in [-0.2, -0.15) is 0 Å². The van der Waals surface area contributed by atoms with Crippen molar-refractivity contribution in [2.75, 3.05) is 18.4 Å². The van der Waals surface area contributed by atoms with Gasteiger partial charge in [0.2, 0.25) is 5.91 Å². The van der Waals surface area contributed by atoms with Crippen LogP contribution in [0, 0.1) is 5.92 Å². The van der Waals surface area contributed by atoms with Crippen molar-refractivity contribution in [2.24, 2.45) is 5.92 Å². The minimum absolute atomic E-state index is 0.0246. The van der Waals surface area contributed by atoms with Crippen molar-refractivity contribution >= 4 is 17.5 Å². The molecule has 0 radical (unpaired) electrons. The third-order valence-electron chi connectivity index (χ3n) is 5.60. The molecule has 3 rings (SSSR count). The van der Waals surface area contributed by atoms with Crippen LogP contribution in [-0.4, -0.2) is 35.9 Å². The highest BCUT2D eigenvalue weighted by molar-refractivity contribution is 5.92. The Morgan fingerprint density at radius 3 is 2.17 bits per heavy atom. The number of anilines is 1. The topological polar surface area (TPSA) is 58.6 Å². The van der Waals surface area contributed by atoms with Gasteiger partial charge in [-0.15, -0.1) is 0 Å². The fourth-order valence-electron chi connectivity index (χ4n) is 3.67. The first kappa shape index (κ1) is 21.9. The van der Waals surface area contributed by atoms with Gasteiger partial charge in [-0.3, -0.25) is 9.59 Å². The molecule has 1 fully saturated rings. The number of carbonyl (C=O) groups excluding carboxylic acids is 2. The third kappa shape index (κ3) is 5.62. The summed E-state index contributed by atoms with van der Waals surface area (Å²) in [7, 11) is 0. The second kappa shape index (κ2) is 9.33. The first-order valence-corrected chi connectivity index (χ1v) is 10.7. The molecule has 1 atom stereocenters. The van der Waals surface area contributed by atoms with Gasteiger partial charge in [-0.05, 0) is 55.0 Å². The van der Waals surface area contributed by atoms with E-state index in [0.29, 0.717) is 31.7 Å². The monoisotopic (exact) mass is 408 g/mol. The van der Waals surface area contributed by atoms with Gasteiger partial charge in [-0.25, -0.2) is 0 Å². The van der Waals surface area contributed by atoms with E-state index in [9.17, 15) is 9.59 Å². The van der Waals surface area contributed by atoms with Gasteiger partial charge < -0.3 is 15.0 Å². The fourth-order valence-corrected chi connectivity index (χ4v) is 3.67. The normalized spacial score (nSPS) is 16.1. The predicted octanol–water partition coefficient (Wildman–Crippen LogP) is 4.63. The van der Waals surface area contributed by atoms with Gasteiger partial charge in [0.15, 0.2) is 6.10 Å². The first-order valence-electron chi connectivity index (χ1n) is 10.7. The number of hydrogen-bond acceptors (Lipinski definition) is 3. The molecule has 2 aromatic carbocycles. The smallest absolute Gasteiger partial charge is 0.263 e. The number of likely N-dealkylation sites (tertiary alicyclic amines) is 1. The fraction of sp³-hybridized carbons (Fsp3) is 0.440. The second-order valence-corrected chi connectivity index (χ2v) is 8.99. The molecule has 2 amide bonds. The van der Waals surface area contributed by atoms with Crippen LogP contribution in [0.1, 0.15) is 46.1 Å². The molecule has 30 heavy (non-hydrogen) atoms. The van der Waals surface area contributed by atoms with Crippen molar-refractivity contribution in [3.63, 3.8) is 0 Å². The summed E-state index contributed by atoms with van der Waals surface area (Å²) in [5, 5.41) is 2.96. The van der Waals surface area contributed by atoms with Crippen molar-refractivity contribution in [1.29, 1.82) is 0 Å². The van der Waals surface area contributed by atoms with Crippen molar-refractivity contribution in [2.45, 2.75) is 52.1 Å². The van der Waals surface area contributed by atoms with Gasteiger partial charge in [0.05, 0.1) is 0 Å². The summed E-state index contributed by atoms with van der Waals surface area (Å²) >= 11 is 0. The molecule has 0 aliphatic carbocycles. The molecule has 1 aliphatic rings. The Morgan fingerprint density at radius 1 is 1.00 bits per heavy atom. The maximum Gasteiger partial charge on any atom is 0.263 e. The van der Waals surface area contributed by atoms with Crippen LogP contribution in [0.2, 0.25) is 0 Å². The van der Waals surface area contributed by atoms with Gasteiger partial charge >= 0.3 is 0 Å². The van der Waals surface area contributed by atoms with E-state index in [-0.39, 0.29) is 23.1 Å². The molecule has 0 aromatic heterocycles. The number of ether oxygens (including phenoxy) is 1.